The molecule has 1 aromatic carbocycles. The summed E-state index contributed by atoms with van der Waals surface area (Å²) in [6, 6.07) is 8.64. The molecule has 6 heteroatoms. The highest BCUT2D eigenvalue weighted by Crippen LogP contribution is 2.39. The SMILES string of the molecule is COc1ccc([C@H](C)N2C[C@H]3C[C@@H]2CN3C(=O)c2ccc(Cl)nc2)c(C)c1C. The molecule has 2 bridgehead atoms. The zero-order valence-electron chi connectivity index (χ0n) is 16.8. The Balaban J connectivity index is 1.49. The average molecular weight is 400 g/mol. The van der Waals surface area contributed by atoms with Gasteiger partial charge in [0, 0.05) is 37.4 Å². The molecule has 0 N–H and O–H groups in total. The van der Waals surface area contributed by atoms with Crippen LogP contribution in [0.2, 0.25) is 5.15 Å². The van der Waals surface area contributed by atoms with Crippen molar-refractivity contribution in [1.29, 1.82) is 0 Å². The molecule has 5 nitrogen and oxygen atoms in total. The van der Waals surface area contributed by atoms with Gasteiger partial charge in [-0.15, -0.1) is 0 Å². The first-order valence-corrected chi connectivity index (χ1v) is 10.1. The van der Waals surface area contributed by atoms with E-state index < -0.39 is 0 Å². The number of benzene rings is 1. The molecule has 148 valence electrons. The van der Waals surface area contributed by atoms with Gasteiger partial charge in [0.1, 0.15) is 10.9 Å². The van der Waals surface area contributed by atoms with E-state index in [0.717, 1.165) is 25.3 Å². The van der Waals surface area contributed by atoms with Gasteiger partial charge in [-0.3, -0.25) is 9.69 Å². The van der Waals surface area contributed by atoms with Gasteiger partial charge >= 0.3 is 0 Å². The predicted molar refractivity (Wildman–Crippen MR) is 110 cm³/mol. The molecule has 4 rings (SSSR count). The van der Waals surface area contributed by atoms with Crippen molar-refractivity contribution in [2.45, 2.75) is 45.3 Å². The van der Waals surface area contributed by atoms with E-state index in [9.17, 15) is 4.79 Å². The summed E-state index contributed by atoms with van der Waals surface area (Å²) >= 11 is 5.84. The van der Waals surface area contributed by atoms with Crippen molar-refractivity contribution in [2.75, 3.05) is 20.2 Å². The van der Waals surface area contributed by atoms with Crippen molar-refractivity contribution in [3.8, 4) is 5.75 Å². The molecule has 28 heavy (non-hydrogen) atoms. The minimum absolute atomic E-state index is 0.0560. The first-order valence-electron chi connectivity index (χ1n) is 9.73. The maximum Gasteiger partial charge on any atom is 0.255 e. The molecule has 2 aliphatic rings. The van der Waals surface area contributed by atoms with E-state index in [0.29, 0.717) is 22.8 Å². The number of likely N-dealkylation sites (tertiary alicyclic amines) is 2. The molecule has 2 aliphatic heterocycles. The standard InChI is InChI=1S/C22H26ClN3O2/c1-13-14(2)20(28-4)7-6-19(13)15(3)25-11-18-9-17(25)12-26(18)22(27)16-5-8-21(23)24-10-16/h5-8,10,15,17-18H,9,11-12H2,1-4H3/t15-,17+,18+/m0/s1. The van der Waals surface area contributed by atoms with Crippen LogP contribution in [0.15, 0.2) is 30.5 Å². The third-order valence-electron chi connectivity index (χ3n) is 6.47. The number of methoxy groups -OCH3 is 1. The largest absolute Gasteiger partial charge is 0.496 e. The lowest BCUT2D eigenvalue weighted by Gasteiger charge is -2.38. The van der Waals surface area contributed by atoms with Crippen LogP contribution in [0.4, 0.5) is 0 Å². The minimum Gasteiger partial charge on any atom is -0.496 e. The molecule has 0 saturated carbocycles. The summed E-state index contributed by atoms with van der Waals surface area (Å²) < 4.78 is 5.45. The Morgan fingerprint density at radius 3 is 2.57 bits per heavy atom. The molecule has 0 aliphatic carbocycles. The van der Waals surface area contributed by atoms with Crippen LogP contribution in [0.1, 0.15) is 46.4 Å². The summed E-state index contributed by atoms with van der Waals surface area (Å²) in [6.07, 6.45) is 2.60. The topological polar surface area (TPSA) is 45.7 Å². The zero-order chi connectivity index (χ0) is 20.0. The third-order valence-corrected chi connectivity index (χ3v) is 6.69. The number of piperazine rings is 1. The van der Waals surface area contributed by atoms with Crippen LogP contribution in [0.3, 0.4) is 0 Å². The molecule has 3 heterocycles. The third kappa shape index (κ3) is 3.16. The van der Waals surface area contributed by atoms with Crippen LogP contribution < -0.4 is 4.74 Å². The molecular formula is C22H26ClN3O2. The Labute approximate surface area is 171 Å². The van der Waals surface area contributed by atoms with Gasteiger partial charge in [0.25, 0.3) is 5.91 Å². The fourth-order valence-electron chi connectivity index (χ4n) is 4.76. The summed E-state index contributed by atoms with van der Waals surface area (Å²) in [6.45, 7) is 8.22. The number of fused-ring (bicyclic) bond motifs is 2. The molecule has 1 aromatic heterocycles. The van der Waals surface area contributed by atoms with Crippen molar-refractivity contribution in [3.63, 3.8) is 0 Å². The van der Waals surface area contributed by atoms with E-state index in [1.54, 1.807) is 25.4 Å². The van der Waals surface area contributed by atoms with Crippen molar-refractivity contribution < 1.29 is 9.53 Å². The molecule has 2 aromatic rings. The number of hydrogen-bond acceptors (Lipinski definition) is 4. The van der Waals surface area contributed by atoms with E-state index >= 15 is 0 Å². The Bertz CT molecular complexity index is 899. The van der Waals surface area contributed by atoms with Gasteiger partial charge < -0.3 is 9.64 Å². The summed E-state index contributed by atoms with van der Waals surface area (Å²) in [4.78, 5) is 21.5. The van der Waals surface area contributed by atoms with Gasteiger partial charge in [-0.2, -0.15) is 0 Å². The Hall–Kier alpha value is -2.11. The maximum atomic E-state index is 12.9. The molecule has 2 fully saturated rings. The van der Waals surface area contributed by atoms with Gasteiger partial charge in [-0.25, -0.2) is 4.98 Å². The molecule has 3 atom stereocenters. The smallest absolute Gasteiger partial charge is 0.255 e. The quantitative estimate of drug-likeness (QED) is 0.728. The van der Waals surface area contributed by atoms with Gasteiger partial charge in [-0.1, -0.05) is 17.7 Å². The van der Waals surface area contributed by atoms with Crippen LogP contribution in [0, 0.1) is 13.8 Å². The second-order valence-electron chi connectivity index (χ2n) is 7.85. The monoisotopic (exact) mass is 399 g/mol. The van der Waals surface area contributed by atoms with Crippen molar-refractivity contribution in [3.05, 3.63) is 57.9 Å². The van der Waals surface area contributed by atoms with Crippen molar-refractivity contribution >= 4 is 17.5 Å². The lowest BCUT2D eigenvalue weighted by molar-refractivity contribution is 0.0568. The Kier molecular flexibility index (Phi) is 5.06. The van der Waals surface area contributed by atoms with Crippen molar-refractivity contribution in [1.82, 2.24) is 14.8 Å². The number of halogens is 1. The van der Waals surface area contributed by atoms with E-state index in [4.69, 9.17) is 16.3 Å². The number of ether oxygens (including phenoxy) is 1. The van der Waals surface area contributed by atoms with E-state index in [-0.39, 0.29) is 11.9 Å². The van der Waals surface area contributed by atoms with Crippen LogP contribution in [0.5, 0.6) is 5.75 Å². The number of carbonyl (C=O) groups is 1. The van der Waals surface area contributed by atoms with Crippen LogP contribution in [-0.2, 0) is 0 Å². The van der Waals surface area contributed by atoms with Crippen molar-refractivity contribution in [2.24, 2.45) is 0 Å². The van der Waals surface area contributed by atoms with Gasteiger partial charge in [-0.05, 0) is 62.1 Å². The number of rotatable bonds is 4. The lowest BCUT2D eigenvalue weighted by Crippen LogP contribution is -2.49. The number of nitrogens with zero attached hydrogens (tertiary/aromatic N) is 3. The Morgan fingerprint density at radius 1 is 1.18 bits per heavy atom. The van der Waals surface area contributed by atoms with Crippen LogP contribution in [-0.4, -0.2) is 53.0 Å². The van der Waals surface area contributed by atoms with Crippen LogP contribution in [0.25, 0.3) is 0 Å². The normalized spacial score (nSPS) is 22.5. The van der Waals surface area contributed by atoms with Gasteiger partial charge in [0.15, 0.2) is 0 Å². The lowest BCUT2D eigenvalue weighted by atomic mass is 9.96. The summed E-state index contributed by atoms with van der Waals surface area (Å²) in [5.41, 5.74) is 4.43. The molecule has 1 amide bonds. The highest BCUT2D eigenvalue weighted by Gasteiger charge is 2.47. The maximum absolute atomic E-state index is 12.9. The predicted octanol–water partition coefficient (Wildman–Crippen LogP) is 4.02. The average Bonchev–Trinajstić information content (AvgIpc) is 3.30. The summed E-state index contributed by atoms with van der Waals surface area (Å²) in [5, 5.41) is 0.407. The second-order valence-corrected chi connectivity index (χ2v) is 8.24. The van der Waals surface area contributed by atoms with Crippen LogP contribution >= 0.6 is 11.6 Å². The number of pyridine rings is 1. The first-order chi connectivity index (χ1) is 13.4. The van der Waals surface area contributed by atoms with Gasteiger partial charge in [0.05, 0.1) is 12.7 Å². The van der Waals surface area contributed by atoms with Gasteiger partial charge in [0.2, 0.25) is 0 Å². The fourth-order valence-corrected chi connectivity index (χ4v) is 4.87. The minimum atomic E-state index is 0.0560. The molecule has 0 radical (unpaired) electrons. The molecule has 0 unspecified atom stereocenters. The number of aromatic nitrogens is 1. The molecular weight excluding hydrogens is 374 g/mol. The highest BCUT2D eigenvalue weighted by molar-refractivity contribution is 6.29. The number of carbonyl (C=O) groups excluding carboxylic acids is 1. The molecule has 0 spiro atoms. The summed E-state index contributed by atoms with van der Waals surface area (Å²) in [7, 11) is 1.71. The second kappa shape index (κ2) is 7.37. The highest BCUT2D eigenvalue weighted by atomic mass is 35.5. The zero-order valence-corrected chi connectivity index (χ0v) is 17.5. The number of hydrogen-bond donors (Lipinski definition) is 0. The molecule has 2 saturated heterocycles. The number of amides is 1. The van der Waals surface area contributed by atoms with E-state index in [1.807, 2.05) is 4.90 Å². The Morgan fingerprint density at radius 2 is 1.96 bits per heavy atom. The van der Waals surface area contributed by atoms with E-state index in [1.165, 1.54) is 16.7 Å². The summed E-state index contributed by atoms with van der Waals surface area (Å²) in [5.74, 6) is 0.991. The fraction of sp³-hybridized carbons (Fsp3) is 0.455. The van der Waals surface area contributed by atoms with E-state index in [2.05, 4.69) is 42.8 Å². The first kappa shape index (κ1) is 19.2.